The van der Waals surface area contributed by atoms with E-state index in [1.54, 1.807) is 16.7 Å². The molecule has 1 saturated heterocycles. The molecule has 21 heavy (non-hydrogen) atoms. The fraction of sp³-hybridized carbons (Fsp3) is 0.643. The van der Waals surface area contributed by atoms with Crippen LogP contribution in [0.15, 0.2) is 0 Å². The Hall–Kier alpha value is -1.08. The molecule has 1 fully saturated rings. The summed E-state index contributed by atoms with van der Waals surface area (Å²) in [4.78, 5) is 31.9. The van der Waals surface area contributed by atoms with Crippen LogP contribution in [0.25, 0.3) is 0 Å². The largest absolute Gasteiger partial charge is 0.320 e. The number of hydrogen-bond acceptors (Lipinski definition) is 5. The van der Waals surface area contributed by atoms with E-state index in [0.29, 0.717) is 16.8 Å². The number of nitrogens with one attached hydrogen (secondary N) is 1. The van der Waals surface area contributed by atoms with Crippen LogP contribution in [0, 0.1) is 19.3 Å². The first kappa shape index (κ1) is 16.3. The fourth-order valence-electron chi connectivity index (χ4n) is 2.01. The Bertz CT molecular complexity index is 544. The van der Waals surface area contributed by atoms with Crippen LogP contribution in [0.3, 0.4) is 0 Å². The lowest BCUT2D eigenvalue weighted by molar-refractivity contribution is -0.143. The van der Waals surface area contributed by atoms with Gasteiger partial charge in [0.2, 0.25) is 11.8 Å². The number of carbonyl (C=O) groups excluding carboxylic acids is 2. The van der Waals surface area contributed by atoms with Gasteiger partial charge in [-0.15, -0.1) is 23.1 Å². The van der Waals surface area contributed by atoms with Crippen molar-refractivity contribution in [2.45, 2.75) is 40.7 Å². The number of thioether (sulfide) groups is 1. The van der Waals surface area contributed by atoms with Gasteiger partial charge in [0.05, 0.1) is 11.6 Å². The van der Waals surface area contributed by atoms with Crippen LogP contribution >= 0.6 is 23.1 Å². The van der Waals surface area contributed by atoms with Crippen molar-refractivity contribution in [1.82, 2.24) is 9.88 Å². The molecule has 1 unspecified atom stereocenters. The van der Waals surface area contributed by atoms with Gasteiger partial charge in [-0.25, -0.2) is 4.98 Å². The number of thiazole rings is 1. The number of nitrogens with zero attached hydrogens (tertiary/aromatic N) is 2. The van der Waals surface area contributed by atoms with Crippen molar-refractivity contribution < 1.29 is 9.59 Å². The molecule has 0 radical (unpaired) electrons. The lowest BCUT2D eigenvalue weighted by atomic mass is 9.94. The van der Waals surface area contributed by atoms with E-state index in [4.69, 9.17) is 0 Å². The van der Waals surface area contributed by atoms with E-state index in [2.05, 4.69) is 10.3 Å². The molecule has 1 atom stereocenters. The lowest BCUT2D eigenvalue weighted by Gasteiger charge is -2.29. The highest BCUT2D eigenvalue weighted by Gasteiger charge is 2.39. The van der Waals surface area contributed by atoms with Crippen LogP contribution in [-0.4, -0.2) is 39.4 Å². The van der Waals surface area contributed by atoms with Crippen molar-refractivity contribution in [3.05, 3.63) is 10.6 Å². The van der Waals surface area contributed by atoms with Gasteiger partial charge >= 0.3 is 0 Å². The molecule has 0 aliphatic carbocycles. The Labute approximate surface area is 133 Å². The smallest absolute Gasteiger partial charge is 0.249 e. The van der Waals surface area contributed by atoms with Gasteiger partial charge < -0.3 is 10.2 Å². The van der Waals surface area contributed by atoms with Crippen molar-refractivity contribution in [3.63, 3.8) is 0 Å². The number of aryl methyl sites for hydroxylation is 2. The Morgan fingerprint density at radius 1 is 1.33 bits per heavy atom. The number of anilines is 1. The first-order chi connectivity index (χ1) is 9.70. The maximum atomic E-state index is 12.4. The van der Waals surface area contributed by atoms with Crippen LogP contribution in [0.1, 0.15) is 31.3 Å². The van der Waals surface area contributed by atoms with Gasteiger partial charge in [-0.3, -0.25) is 9.59 Å². The van der Waals surface area contributed by atoms with Crippen LogP contribution < -0.4 is 5.32 Å². The van der Waals surface area contributed by atoms with E-state index < -0.39 is 11.5 Å². The van der Waals surface area contributed by atoms with Gasteiger partial charge in [0.25, 0.3) is 0 Å². The summed E-state index contributed by atoms with van der Waals surface area (Å²) in [5.41, 5.74) is 0.455. The van der Waals surface area contributed by atoms with Crippen molar-refractivity contribution in [3.8, 4) is 0 Å². The van der Waals surface area contributed by atoms with Crippen LogP contribution in [0.5, 0.6) is 0 Å². The molecule has 1 aliphatic rings. The van der Waals surface area contributed by atoms with Gasteiger partial charge in [-0.1, -0.05) is 20.8 Å². The maximum Gasteiger partial charge on any atom is 0.249 e. The Morgan fingerprint density at radius 3 is 2.52 bits per heavy atom. The Kier molecular flexibility index (Phi) is 4.63. The predicted octanol–water partition coefficient (Wildman–Crippen LogP) is 2.65. The lowest BCUT2D eigenvalue weighted by Crippen LogP contribution is -2.48. The van der Waals surface area contributed by atoms with Crippen molar-refractivity contribution in [2.24, 2.45) is 5.41 Å². The minimum Gasteiger partial charge on any atom is -0.320 e. The number of carbonyl (C=O) groups is 2. The quantitative estimate of drug-likeness (QED) is 0.907. The second kappa shape index (κ2) is 5.96. The first-order valence-corrected chi connectivity index (χ1v) is 8.81. The van der Waals surface area contributed by atoms with Crippen molar-refractivity contribution >= 4 is 40.0 Å². The molecule has 5 nitrogen and oxygen atoms in total. The Morgan fingerprint density at radius 2 is 2.00 bits per heavy atom. The fourth-order valence-corrected chi connectivity index (χ4v) is 3.98. The molecule has 1 aromatic heterocycles. The average molecular weight is 327 g/mol. The molecule has 0 bridgehead atoms. The third-order valence-corrected chi connectivity index (χ3v) is 5.35. The second-order valence-electron chi connectivity index (χ2n) is 6.19. The van der Waals surface area contributed by atoms with E-state index in [9.17, 15) is 9.59 Å². The third-order valence-electron chi connectivity index (χ3n) is 3.35. The highest BCUT2D eigenvalue weighted by atomic mass is 32.2. The summed E-state index contributed by atoms with van der Waals surface area (Å²) in [5.74, 6) is 1.08. The van der Waals surface area contributed by atoms with Gasteiger partial charge in [0.15, 0.2) is 5.13 Å². The number of aromatic nitrogens is 1. The molecule has 0 saturated carbocycles. The molecule has 1 aromatic rings. The SMILES string of the molecule is Cc1nc(NC(=O)C2CSCN2C(=O)C(C)(C)C)sc1C. The molecule has 1 aliphatic heterocycles. The summed E-state index contributed by atoms with van der Waals surface area (Å²) in [7, 11) is 0. The van der Waals surface area contributed by atoms with Crippen LogP contribution in [0.2, 0.25) is 0 Å². The zero-order valence-electron chi connectivity index (χ0n) is 13.0. The average Bonchev–Trinajstić information content (AvgIpc) is 2.95. The minimum atomic E-state index is -0.474. The van der Waals surface area contributed by atoms with Gasteiger partial charge in [0.1, 0.15) is 6.04 Å². The summed E-state index contributed by atoms with van der Waals surface area (Å²) in [6.45, 7) is 9.52. The minimum absolute atomic E-state index is 0.0131. The number of hydrogen-bond donors (Lipinski definition) is 1. The highest BCUT2D eigenvalue weighted by molar-refractivity contribution is 7.99. The normalized spacial score (nSPS) is 18.9. The molecule has 116 valence electrons. The molecule has 1 N–H and O–H groups in total. The molecule has 2 rings (SSSR count). The van der Waals surface area contributed by atoms with Crippen LogP contribution in [0.4, 0.5) is 5.13 Å². The van der Waals surface area contributed by atoms with E-state index in [1.165, 1.54) is 11.3 Å². The van der Waals surface area contributed by atoms with Crippen molar-refractivity contribution in [1.29, 1.82) is 0 Å². The third kappa shape index (κ3) is 3.58. The monoisotopic (exact) mass is 327 g/mol. The van der Waals surface area contributed by atoms with E-state index >= 15 is 0 Å². The molecular formula is C14H21N3O2S2. The summed E-state index contributed by atoms with van der Waals surface area (Å²) in [6.07, 6.45) is 0. The number of amides is 2. The predicted molar refractivity (Wildman–Crippen MR) is 87.6 cm³/mol. The molecule has 2 heterocycles. The van der Waals surface area contributed by atoms with Gasteiger partial charge in [0, 0.05) is 16.0 Å². The summed E-state index contributed by atoms with van der Waals surface area (Å²) in [6, 6.07) is -0.411. The molecule has 0 spiro atoms. The van der Waals surface area contributed by atoms with E-state index in [0.717, 1.165) is 10.6 Å². The zero-order valence-corrected chi connectivity index (χ0v) is 14.7. The number of rotatable bonds is 2. The van der Waals surface area contributed by atoms with Gasteiger partial charge in [-0.2, -0.15) is 0 Å². The summed E-state index contributed by atoms with van der Waals surface area (Å²) < 4.78 is 0. The molecule has 0 aromatic carbocycles. The zero-order chi connectivity index (χ0) is 15.8. The summed E-state index contributed by atoms with van der Waals surface area (Å²) >= 11 is 3.07. The van der Waals surface area contributed by atoms with Gasteiger partial charge in [-0.05, 0) is 13.8 Å². The molecule has 7 heteroatoms. The Balaban J connectivity index is 2.09. The first-order valence-electron chi connectivity index (χ1n) is 6.84. The molecule has 2 amide bonds. The highest BCUT2D eigenvalue weighted by Crippen LogP contribution is 2.29. The van der Waals surface area contributed by atoms with E-state index in [1.807, 2.05) is 34.6 Å². The molecular weight excluding hydrogens is 306 g/mol. The maximum absolute atomic E-state index is 12.4. The topological polar surface area (TPSA) is 62.3 Å². The van der Waals surface area contributed by atoms with Crippen molar-refractivity contribution in [2.75, 3.05) is 16.9 Å². The van der Waals surface area contributed by atoms with Crippen LogP contribution in [-0.2, 0) is 9.59 Å². The second-order valence-corrected chi connectivity index (χ2v) is 8.39. The summed E-state index contributed by atoms with van der Waals surface area (Å²) in [5, 5.41) is 3.45. The standard InChI is InChI=1S/C14H21N3O2S2/c1-8-9(2)21-13(15-8)16-11(18)10-6-20-7-17(10)12(19)14(3,4)5/h10H,6-7H2,1-5H3,(H,15,16,18). The van der Waals surface area contributed by atoms with E-state index in [-0.39, 0.29) is 11.8 Å².